The van der Waals surface area contributed by atoms with Crippen molar-refractivity contribution in [1.29, 1.82) is 0 Å². The number of nitrogens with zero attached hydrogens (tertiary/aromatic N) is 2. The van der Waals surface area contributed by atoms with E-state index >= 15 is 0 Å². The molecule has 2 aliphatic rings. The molecule has 0 saturated carbocycles. The first-order valence-electron chi connectivity index (χ1n) is 7.79. The summed E-state index contributed by atoms with van der Waals surface area (Å²) in [5.41, 5.74) is 1.19. The van der Waals surface area contributed by atoms with Gasteiger partial charge in [-0.25, -0.2) is 0 Å². The summed E-state index contributed by atoms with van der Waals surface area (Å²) in [5.74, 6) is 0. The van der Waals surface area contributed by atoms with Gasteiger partial charge in [0.25, 0.3) is 0 Å². The fourth-order valence-corrected chi connectivity index (χ4v) is 3.66. The Morgan fingerprint density at radius 1 is 1.00 bits per heavy atom. The second kappa shape index (κ2) is 6.79. The zero-order valence-corrected chi connectivity index (χ0v) is 12.8. The highest BCUT2D eigenvalue weighted by Crippen LogP contribution is 2.27. The number of anilines is 1. The molecule has 1 N–H and O–H groups in total. The van der Waals surface area contributed by atoms with Gasteiger partial charge in [-0.2, -0.15) is 0 Å². The summed E-state index contributed by atoms with van der Waals surface area (Å²) < 4.78 is 0. The van der Waals surface area contributed by atoms with Crippen LogP contribution < -0.4 is 10.2 Å². The van der Waals surface area contributed by atoms with Crippen molar-refractivity contribution in [3.05, 3.63) is 29.3 Å². The molecule has 1 unspecified atom stereocenters. The van der Waals surface area contributed by atoms with Gasteiger partial charge in [-0.1, -0.05) is 23.7 Å². The van der Waals surface area contributed by atoms with Crippen molar-refractivity contribution in [2.24, 2.45) is 0 Å². The molecule has 1 atom stereocenters. The van der Waals surface area contributed by atoms with Gasteiger partial charge in [-0.05, 0) is 44.5 Å². The van der Waals surface area contributed by atoms with E-state index in [1.165, 1.54) is 38.0 Å². The summed E-state index contributed by atoms with van der Waals surface area (Å²) >= 11 is 6.30. The number of para-hydroxylation sites is 1. The number of nitrogens with one attached hydrogen (secondary N) is 1. The molecular weight excluding hydrogens is 270 g/mol. The van der Waals surface area contributed by atoms with Gasteiger partial charge in [-0.3, -0.25) is 4.90 Å². The number of piperazine rings is 1. The average molecular weight is 294 g/mol. The smallest absolute Gasteiger partial charge is 0.0639 e. The Morgan fingerprint density at radius 3 is 2.60 bits per heavy atom. The maximum atomic E-state index is 6.30. The van der Waals surface area contributed by atoms with Crippen LogP contribution in [0.2, 0.25) is 5.02 Å². The highest BCUT2D eigenvalue weighted by molar-refractivity contribution is 6.33. The Hall–Kier alpha value is -0.770. The topological polar surface area (TPSA) is 18.5 Å². The molecule has 2 fully saturated rings. The number of hydrogen-bond donors (Lipinski definition) is 1. The fourth-order valence-electron chi connectivity index (χ4n) is 3.40. The predicted octanol–water partition coefficient (Wildman–Crippen LogP) is 2.60. The summed E-state index contributed by atoms with van der Waals surface area (Å²) in [6.45, 7) is 6.87. The summed E-state index contributed by atoms with van der Waals surface area (Å²) in [7, 11) is 0. The van der Waals surface area contributed by atoms with E-state index in [4.69, 9.17) is 11.6 Å². The van der Waals surface area contributed by atoms with Gasteiger partial charge in [0.15, 0.2) is 0 Å². The van der Waals surface area contributed by atoms with Gasteiger partial charge in [0, 0.05) is 32.2 Å². The largest absolute Gasteiger partial charge is 0.368 e. The van der Waals surface area contributed by atoms with Gasteiger partial charge in [0.05, 0.1) is 10.7 Å². The van der Waals surface area contributed by atoms with Crippen LogP contribution in [0.3, 0.4) is 0 Å². The molecule has 20 heavy (non-hydrogen) atoms. The van der Waals surface area contributed by atoms with Crippen LogP contribution >= 0.6 is 11.6 Å². The standard InChI is InChI=1S/C16H24ClN3/c17-15-5-1-2-6-16(15)20-12-10-19(11-13-20)14-4-3-8-18-9-7-14/h1-2,5-6,14,18H,3-4,7-13H2. The molecule has 0 aliphatic carbocycles. The minimum Gasteiger partial charge on any atom is -0.368 e. The van der Waals surface area contributed by atoms with Crippen molar-refractivity contribution in [1.82, 2.24) is 10.2 Å². The van der Waals surface area contributed by atoms with Crippen molar-refractivity contribution < 1.29 is 0 Å². The van der Waals surface area contributed by atoms with Crippen molar-refractivity contribution in [2.45, 2.75) is 25.3 Å². The second-order valence-corrected chi connectivity index (χ2v) is 6.22. The molecule has 2 aliphatic heterocycles. The van der Waals surface area contributed by atoms with E-state index in [-0.39, 0.29) is 0 Å². The van der Waals surface area contributed by atoms with E-state index in [1.807, 2.05) is 12.1 Å². The second-order valence-electron chi connectivity index (χ2n) is 5.81. The van der Waals surface area contributed by atoms with Crippen molar-refractivity contribution in [2.75, 3.05) is 44.2 Å². The van der Waals surface area contributed by atoms with Gasteiger partial charge < -0.3 is 10.2 Å². The van der Waals surface area contributed by atoms with Crippen LogP contribution in [0, 0.1) is 0 Å². The Bertz CT molecular complexity index is 421. The lowest BCUT2D eigenvalue weighted by molar-refractivity contribution is 0.172. The van der Waals surface area contributed by atoms with Crippen LogP contribution in [0.25, 0.3) is 0 Å². The number of hydrogen-bond acceptors (Lipinski definition) is 3. The summed E-state index contributed by atoms with van der Waals surface area (Å²) in [4.78, 5) is 5.11. The van der Waals surface area contributed by atoms with Crippen molar-refractivity contribution >= 4 is 17.3 Å². The van der Waals surface area contributed by atoms with Gasteiger partial charge in [-0.15, -0.1) is 0 Å². The van der Waals surface area contributed by atoms with Crippen LogP contribution in [0.5, 0.6) is 0 Å². The van der Waals surface area contributed by atoms with Gasteiger partial charge in [0.1, 0.15) is 0 Å². The molecule has 2 heterocycles. The first-order chi connectivity index (χ1) is 9.84. The maximum absolute atomic E-state index is 6.30. The highest BCUT2D eigenvalue weighted by atomic mass is 35.5. The van der Waals surface area contributed by atoms with E-state index in [1.54, 1.807) is 0 Å². The van der Waals surface area contributed by atoms with Crippen LogP contribution in [0.4, 0.5) is 5.69 Å². The van der Waals surface area contributed by atoms with E-state index in [9.17, 15) is 0 Å². The SMILES string of the molecule is Clc1ccccc1N1CCN(C2CCCNCC2)CC1. The summed E-state index contributed by atoms with van der Waals surface area (Å²) in [5, 5.41) is 4.38. The van der Waals surface area contributed by atoms with Crippen LogP contribution in [-0.2, 0) is 0 Å². The molecule has 0 bridgehead atoms. The zero-order valence-electron chi connectivity index (χ0n) is 12.0. The Kier molecular flexibility index (Phi) is 4.81. The maximum Gasteiger partial charge on any atom is 0.0639 e. The molecule has 0 radical (unpaired) electrons. The first-order valence-corrected chi connectivity index (χ1v) is 8.16. The van der Waals surface area contributed by atoms with Crippen LogP contribution in [0.1, 0.15) is 19.3 Å². The fraction of sp³-hybridized carbons (Fsp3) is 0.625. The zero-order chi connectivity index (χ0) is 13.8. The van der Waals surface area contributed by atoms with E-state index in [2.05, 4.69) is 27.2 Å². The molecule has 110 valence electrons. The third-order valence-electron chi connectivity index (χ3n) is 4.57. The van der Waals surface area contributed by atoms with Gasteiger partial charge in [0.2, 0.25) is 0 Å². The van der Waals surface area contributed by atoms with E-state index in [0.29, 0.717) is 0 Å². The Morgan fingerprint density at radius 2 is 1.80 bits per heavy atom. The molecule has 3 nitrogen and oxygen atoms in total. The quantitative estimate of drug-likeness (QED) is 0.904. The van der Waals surface area contributed by atoms with Crippen molar-refractivity contribution in [3.63, 3.8) is 0 Å². The lowest BCUT2D eigenvalue weighted by atomic mass is 10.1. The molecule has 0 spiro atoms. The molecule has 4 heteroatoms. The summed E-state index contributed by atoms with van der Waals surface area (Å²) in [6.07, 6.45) is 3.96. The van der Waals surface area contributed by atoms with Crippen LogP contribution in [0.15, 0.2) is 24.3 Å². The monoisotopic (exact) mass is 293 g/mol. The minimum absolute atomic E-state index is 0.776. The van der Waals surface area contributed by atoms with Crippen molar-refractivity contribution in [3.8, 4) is 0 Å². The third kappa shape index (κ3) is 3.27. The van der Waals surface area contributed by atoms with Crippen LogP contribution in [-0.4, -0.2) is 50.2 Å². The molecule has 1 aromatic carbocycles. The normalized spacial score (nSPS) is 25.4. The molecule has 0 aromatic heterocycles. The Labute approximate surface area is 126 Å². The highest BCUT2D eigenvalue weighted by Gasteiger charge is 2.25. The molecule has 2 saturated heterocycles. The molecule has 0 amide bonds. The molecule has 1 aromatic rings. The number of rotatable bonds is 2. The van der Waals surface area contributed by atoms with Gasteiger partial charge >= 0.3 is 0 Å². The van der Waals surface area contributed by atoms with E-state index in [0.717, 1.165) is 37.2 Å². The third-order valence-corrected chi connectivity index (χ3v) is 4.89. The lowest BCUT2D eigenvalue weighted by Gasteiger charge is -2.40. The molecular formula is C16H24ClN3. The summed E-state index contributed by atoms with van der Waals surface area (Å²) in [6, 6.07) is 8.97. The molecule has 3 rings (SSSR count). The lowest BCUT2D eigenvalue weighted by Crippen LogP contribution is -2.50. The number of halogens is 1. The van der Waals surface area contributed by atoms with E-state index < -0.39 is 0 Å². The number of benzene rings is 1. The predicted molar refractivity (Wildman–Crippen MR) is 85.7 cm³/mol. The Balaban J connectivity index is 1.58. The first kappa shape index (κ1) is 14.2. The average Bonchev–Trinajstić information content (AvgIpc) is 2.77. The minimum atomic E-state index is 0.776.